The molecule has 0 bridgehead atoms. The molecule has 6 nitrogen and oxygen atoms in total. The number of rotatable bonds is 4. The van der Waals surface area contributed by atoms with Gasteiger partial charge in [0.15, 0.2) is 11.6 Å². The van der Waals surface area contributed by atoms with Crippen molar-refractivity contribution in [2.45, 2.75) is 19.4 Å². The number of nitrogens with zero attached hydrogens (tertiary/aromatic N) is 5. The number of hydrogen-bond donors (Lipinski definition) is 1. The monoisotopic (exact) mass is 316 g/mol. The van der Waals surface area contributed by atoms with Gasteiger partial charge in [0.05, 0.1) is 6.04 Å². The summed E-state index contributed by atoms with van der Waals surface area (Å²) in [5, 5.41) is 4.25. The van der Waals surface area contributed by atoms with Crippen molar-refractivity contribution in [2.24, 2.45) is 5.73 Å². The maximum absolute atomic E-state index is 13.8. The predicted octanol–water partition coefficient (Wildman–Crippen LogP) is 1.95. The lowest BCUT2D eigenvalue weighted by Gasteiger charge is -2.05. The molecule has 1 unspecified atom stereocenters. The molecule has 2 heterocycles. The molecule has 0 aliphatic heterocycles. The van der Waals surface area contributed by atoms with Crippen LogP contribution in [0.4, 0.5) is 8.78 Å². The molecular formula is C15H14F2N6. The Bertz CT molecular complexity index is 796. The van der Waals surface area contributed by atoms with Crippen molar-refractivity contribution in [1.82, 2.24) is 24.7 Å². The Morgan fingerprint density at radius 1 is 1.13 bits per heavy atom. The van der Waals surface area contributed by atoms with Crippen LogP contribution in [0.15, 0.2) is 36.7 Å². The van der Waals surface area contributed by atoms with Crippen molar-refractivity contribution in [3.63, 3.8) is 0 Å². The van der Waals surface area contributed by atoms with Gasteiger partial charge in [-0.15, -0.1) is 5.10 Å². The zero-order chi connectivity index (χ0) is 16.4. The third-order valence-electron chi connectivity index (χ3n) is 3.22. The Balaban J connectivity index is 2.02. The van der Waals surface area contributed by atoms with Crippen molar-refractivity contribution < 1.29 is 8.78 Å². The van der Waals surface area contributed by atoms with Crippen molar-refractivity contribution in [2.75, 3.05) is 0 Å². The fourth-order valence-corrected chi connectivity index (χ4v) is 2.15. The molecule has 0 amide bonds. The third-order valence-corrected chi connectivity index (χ3v) is 3.22. The van der Waals surface area contributed by atoms with Gasteiger partial charge in [-0.2, -0.15) is 4.68 Å². The minimum absolute atomic E-state index is 0.0853. The first-order valence-electron chi connectivity index (χ1n) is 6.98. The number of hydrogen-bond acceptors (Lipinski definition) is 5. The largest absolute Gasteiger partial charge is 0.322 e. The second-order valence-corrected chi connectivity index (χ2v) is 5.01. The first kappa shape index (κ1) is 15.2. The molecule has 0 radical (unpaired) electrons. The van der Waals surface area contributed by atoms with E-state index in [-0.39, 0.29) is 17.8 Å². The first-order chi connectivity index (χ1) is 11.1. The lowest BCUT2D eigenvalue weighted by atomic mass is 10.1. The Kier molecular flexibility index (Phi) is 4.07. The molecule has 2 N–H and O–H groups in total. The van der Waals surface area contributed by atoms with Gasteiger partial charge >= 0.3 is 0 Å². The standard InChI is InChI=1S/C15H14F2N6/c1-9(18)14-21-13(8-10-11(16)4-2-5-12(10)17)22-23(14)15-19-6-3-7-20-15/h2-7,9H,8,18H2,1H3. The van der Waals surface area contributed by atoms with Crippen LogP contribution in [0.25, 0.3) is 5.95 Å². The molecule has 3 aromatic rings. The van der Waals surface area contributed by atoms with Crippen LogP contribution in [0.1, 0.15) is 30.2 Å². The average molecular weight is 316 g/mol. The van der Waals surface area contributed by atoms with E-state index in [4.69, 9.17) is 5.73 Å². The van der Waals surface area contributed by atoms with Gasteiger partial charge in [-0.3, -0.25) is 0 Å². The molecule has 0 fully saturated rings. The zero-order valence-corrected chi connectivity index (χ0v) is 12.3. The molecule has 0 aliphatic carbocycles. The van der Waals surface area contributed by atoms with Crippen LogP contribution in [0.2, 0.25) is 0 Å². The topological polar surface area (TPSA) is 82.5 Å². The third kappa shape index (κ3) is 3.07. The van der Waals surface area contributed by atoms with Gasteiger partial charge < -0.3 is 5.73 Å². The van der Waals surface area contributed by atoms with Crippen molar-refractivity contribution >= 4 is 0 Å². The molecule has 8 heteroatoms. The highest BCUT2D eigenvalue weighted by Gasteiger charge is 2.19. The van der Waals surface area contributed by atoms with Crippen molar-refractivity contribution in [3.8, 4) is 5.95 Å². The Hall–Kier alpha value is -2.74. The van der Waals surface area contributed by atoms with Crippen molar-refractivity contribution in [3.05, 3.63) is 65.5 Å². The van der Waals surface area contributed by atoms with Gasteiger partial charge in [0.25, 0.3) is 5.95 Å². The molecular weight excluding hydrogens is 302 g/mol. The summed E-state index contributed by atoms with van der Waals surface area (Å²) in [6.45, 7) is 1.73. The molecule has 1 atom stereocenters. The summed E-state index contributed by atoms with van der Waals surface area (Å²) >= 11 is 0. The van der Waals surface area contributed by atoms with Gasteiger partial charge in [-0.05, 0) is 25.1 Å². The molecule has 0 saturated carbocycles. The van der Waals surface area contributed by atoms with Crippen LogP contribution in [0.5, 0.6) is 0 Å². The van der Waals surface area contributed by atoms with E-state index in [1.54, 1.807) is 25.4 Å². The van der Waals surface area contributed by atoms with E-state index in [0.29, 0.717) is 11.8 Å². The summed E-state index contributed by atoms with van der Waals surface area (Å²) in [5.74, 6) is -0.316. The minimum Gasteiger partial charge on any atom is -0.322 e. The van der Waals surface area contributed by atoms with Crippen LogP contribution in [-0.2, 0) is 6.42 Å². The normalized spacial score (nSPS) is 12.3. The summed E-state index contributed by atoms with van der Waals surface area (Å²) in [7, 11) is 0. The van der Waals surface area contributed by atoms with Crippen LogP contribution in [-0.4, -0.2) is 24.7 Å². The minimum atomic E-state index is -0.639. The lowest BCUT2D eigenvalue weighted by molar-refractivity contribution is 0.559. The van der Waals surface area contributed by atoms with Crippen LogP contribution < -0.4 is 5.73 Å². The van der Waals surface area contributed by atoms with Gasteiger partial charge in [0.2, 0.25) is 0 Å². The summed E-state index contributed by atoms with van der Waals surface area (Å²) in [6, 6.07) is 4.93. The fourth-order valence-electron chi connectivity index (χ4n) is 2.15. The summed E-state index contributed by atoms with van der Waals surface area (Å²) in [5.41, 5.74) is 5.80. The molecule has 0 spiro atoms. The predicted molar refractivity (Wildman–Crippen MR) is 78.7 cm³/mol. The van der Waals surface area contributed by atoms with Crippen LogP contribution in [0, 0.1) is 11.6 Å². The molecule has 0 aliphatic rings. The van der Waals surface area contributed by atoms with E-state index in [9.17, 15) is 8.78 Å². The molecule has 0 saturated heterocycles. The number of benzene rings is 1. The van der Waals surface area contributed by atoms with Crippen LogP contribution >= 0.6 is 0 Å². The smallest absolute Gasteiger partial charge is 0.252 e. The second kappa shape index (κ2) is 6.17. The Morgan fingerprint density at radius 3 is 2.39 bits per heavy atom. The molecule has 23 heavy (non-hydrogen) atoms. The van der Waals surface area contributed by atoms with Gasteiger partial charge in [0, 0.05) is 24.4 Å². The maximum atomic E-state index is 13.8. The van der Waals surface area contributed by atoms with Crippen molar-refractivity contribution in [1.29, 1.82) is 0 Å². The summed E-state index contributed by atoms with van der Waals surface area (Å²) in [4.78, 5) is 12.5. The quantitative estimate of drug-likeness (QED) is 0.795. The van der Waals surface area contributed by atoms with Crippen LogP contribution in [0.3, 0.4) is 0 Å². The second-order valence-electron chi connectivity index (χ2n) is 5.01. The SMILES string of the molecule is CC(N)c1nc(Cc2c(F)cccc2F)nn1-c1ncccn1. The average Bonchev–Trinajstić information content (AvgIpc) is 2.96. The summed E-state index contributed by atoms with van der Waals surface area (Å²) < 4.78 is 28.9. The molecule has 2 aromatic heterocycles. The Morgan fingerprint density at radius 2 is 1.78 bits per heavy atom. The molecule has 118 valence electrons. The van der Waals surface area contributed by atoms with E-state index in [2.05, 4.69) is 20.1 Å². The van der Waals surface area contributed by atoms with E-state index in [0.717, 1.165) is 0 Å². The highest BCUT2D eigenvalue weighted by molar-refractivity contribution is 5.24. The highest BCUT2D eigenvalue weighted by atomic mass is 19.1. The van der Waals surface area contributed by atoms with E-state index in [1.165, 1.54) is 22.9 Å². The van der Waals surface area contributed by atoms with E-state index >= 15 is 0 Å². The first-order valence-corrected chi connectivity index (χ1v) is 6.98. The van der Waals surface area contributed by atoms with E-state index in [1.807, 2.05) is 0 Å². The zero-order valence-electron chi connectivity index (χ0n) is 12.3. The van der Waals surface area contributed by atoms with Gasteiger partial charge in [0.1, 0.15) is 11.6 Å². The number of aromatic nitrogens is 5. The lowest BCUT2D eigenvalue weighted by Crippen LogP contribution is -2.14. The molecule has 3 rings (SSSR count). The van der Waals surface area contributed by atoms with Gasteiger partial charge in [-0.1, -0.05) is 6.07 Å². The Labute approximate surface area is 131 Å². The fraction of sp³-hybridized carbons (Fsp3) is 0.200. The molecule has 1 aromatic carbocycles. The van der Waals surface area contributed by atoms with E-state index < -0.39 is 17.7 Å². The number of nitrogens with two attached hydrogens (primary N) is 1. The summed E-state index contributed by atoms with van der Waals surface area (Å²) in [6.07, 6.45) is 3.04. The number of halogens is 2. The highest BCUT2D eigenvalue weighted by Crippen LogP contribution is 2.17. The maximum Gasteiger partial charge on any atom is 0.252 e. The van der Waals surface area contributed by atoms with Gasteiger partial charge in [-0.25, -0.2) is 23.7 Å².